The smallest absolute Gasteiger partial charge is 0.126 e. The first-order valence-electron chi connectivity index (χ1n) is 5.18. The van der Waals surface area contributed by atoms with Crippen molar-refractivity contribution in [3.63, 3.8) is 0 Å². The van der Waals surface area contributed by atoms with Crippen LogP contribution in [0.1, 0.15) is 25.3 Å². The summed E-state index contributed by atoms with van der Waals surface area (Å²) in [6, 6.07) is 6.19. The molecule has 1 aromatic carbocycles. The lowest BCUT2D eigenvalue weighted by Gasteiger charge is -2.26. The molecule has 2 nitrogen and oxygen atoms in total. The number of rotatable bonds is 4. The van der Waals surface area contributed by atoms with Crippen molar-refractivity contribution in [2.24, 2.45) is 11.7 Å². The third kappa shape index (κ3) is 2.76. The first-order valence-corrected chi connectivity index (χ1v) is 5.18. The zero-order valence-electron chi connectivity index (χ0n) is 9.15. The molecule has 3 heteroatoms. The quantitative estimate of drug-likeness (QED) is 0.798. The Labute approximate surface area is 89.9 Å². The van der Waals surface area contributed by atoms with E-state index in [9.17, 15) is 4.39 Å². The van der Waals surface area contributed by atoms with Gasteiger partial charge in [0.2, 0.25) is 0 Å². The summed E-state index contributed by atoms with van der Waals surface area (Å²) >= 11 is 0. The minimum absolute atomic E-state index is 0.128. The van der Waals surface area contributed by atoms with E-state index >= 15 is 0 Å². The molecule has 0 fully saturated rings. The molecule has 2 unspecified atom stereocenters. The molecule has 0 saturated heterocycles. The van der Waals surface area contributed by atoms with E-state index in [1.807, 2.05) is 13.8 Å². The molecule has 0 spiro atoms. The molecule has 0 aliphatic rings. The third-order valence-electron chi connectivity index (χ3n) is 2.65. The Morgan fingerprint density at radius 1 is 1.33 bits per heavy atom. The Hall–Kier alpha value is -0.930. The number of nitrogens with two attached hydrogens (primary N) is 1. The molecule has 1 aromatic rings. The van der Waals surface area contributed by atoms with E-state index in [-0.39, 0.29) is 24.3 Å². The van der Waals surface area contributed by atoms with E-state index in [1.165, 1.54) is 6.07 Å². The molecule has 84 valence electrons. The molecular formula is C12H18FNO. The zero-order chi connectivity index (χ0) is 11.4. The van der Waals surface area contributed by atoms with Gasteiger partial charge >= 0.3 is 0 Å². The maximum absolute atomic E-state index is 13.6. The average Bonchev–Trinajstić information content (AvgIpc) is 2.20. The van der Waals surface area contributed by atoms with Crippen LogP contribution in [-0.4, -0.2) is 17.8 Å². The van der Waals surface area contributed by atoms with E-state index in [0.717, 1.165) is 0 Å². The molecule has 1 rings (SSSR count). The van der Waals surface area contributed by atoms with Crippen LogP contribution in [0.3, 0.4) is 0 Å². The van der Waals surface area contributed by atoms with Gasteiger partial charge in [0.25, 0.3) is 0 Å². The molecular weight excluding hydrogens is 193 g/mol. The van der Waals surface area contributed by atoms with Crippen LogP contribution >= 0.6 is 0 Å². The molecule has 15 heavy (non-hydrogen) atoms. The van der Waals surface area contributed by atoms with Gasteiger partial charge in [-0.25, -0.2) is 4.39 Å². The monoisotopic (exact) mass is 211 g/mol. The normalized spacial score (nSPS) is 15.3. The van der Waals surface area contributed by atoms with Gasteiger partial charge in [-0.05, 0) is 17.5 Å². The van der Waals surface area contributed by atoms with Gasteiger partial charge in [0, 0.05) is 12.0 Å². The molecule has 0 heterocycles. The molecule has 0 amide bonds. The standard InChI is InChI=1S/C12H18FNO/c1-8(2)12(11(14)7-15)9-5-3-4-6-10(9)13/h3-6,8,11-12,15H,7,14H2,1-2H3. The lowest BCUT2D eigenvalue weighted by Crippen LogP contribution is -2.35. The summed E-state index contributed by atoms with van der Waals surface area (Å²) in [7, 11) is 0. The van der Waals surface area contributed by atoms with Gasteiger partial charge in [0.15, 0.2) is 0 Å². The highest BCUT2D eigenvalue weighted by Crippen LogP contribution is 2.28. The topological polar surface area (TPSA) is 46.2 Å². The summed E-state index contributed by atoms with van der Waals surface area (Å²) in [5, 5.41) is 9.06. The van der Waals surface area contributed by atoms with E-state index < -0.39 is 6.04 Å². The fourth-order valence-electron chi connectivity index (χ4n) is 1.94. The molecule has 3 N–H and O–H groups in total. The molecule has 0 aliphatic carbocycles. The van der Waals surface area contributed by atoms with Crippen molar-refractivity contribution in [2.45, 2.75) is 25.8 Å². The molecule has 0 saturated carbocycles. The Balaban J connectivity index is 3.04. The maximum atomic E-state index is 13.6. The number of hydrogen-bond donors (Lipinski definition) is 2. The first kappa shape index (κ1) is 12.1. The van der Waals surface area contributed by atoms with Gasteiger partial charge in [-0.1, -0.05) is 32.0 Å². The predicted molar refractivity (Wildman–Crippen MR) is 59.0 cm³/mol. The number of hydrogen-bond acceptors (Lipinski definition) is 2. The summed E-state index contributed by atoms with van der Waals surface area (Å²) in [5.74, 6) is -0.194. The Morgan fingerprint density at radius 3 is 2.40 bits per heavy atom. The lowest BCUT2D eigenvalue weighted by atomic mass is 9.83. The number of aliphatic hydroxyl groups excluding tert-OH is 1. The maximum Gasteiger partial charge on any atom is 0.126 e. The SMILES string of the molecule is CC(C)C(c1ccccc1F)C(N)CO. The largest absolute Gasteiger partial charge is 0.395 e. The van der Waals surface area contributed by atoms with Crippen molar-refractivity contribution < 1.29 is 9.50 Å². The van der Waals surface area contributed by atoms with Gasteiger partial charge in [-0.2, -0.15) is 0 Å². The number of benzene rings is 1. The zero-order valence-corrected chi connectivity index (χ0v) is 9.15. The summed E-state index contributed by atoms with van der Waals surface area (Å²) in [6.45, 7) is 3.83. The molecule has 0 radical (unpaired) electrons. The van der Waals surface area contributed by atoms with Crippen LogP contribution in [0.15, 0.2) is 24.3 Å². The summed E-state index contributed by atoms with van der Waals surface area (Å²) < 4.78 is 13.6. The van der Waals surface area contributed by atoms with Crippen molar-refractivity contribution in [3.8, 4) is 0 Å². The van der Waals surface area contributed by atoms with Gasteiger partial charge in [-0.15, -0.1) is 0 Å². The van der Waals surface area contributed by atoms with E-state index in [0.29, 0.717) is 5.56 Å². The van der Waals surface area contributed by atoms with Crippen molar-refractivity contribution >= 4 is 0 Å². The third-order valence-corrected chi connectivity index (χ3v) is 2.65. The van der Waals surface area contributed by atoms with E-state index in [1.54, 1.807) is 18.2 Å². The molecule has 0 bridgehead atoms. The van der Waals surface area contributed by atoms with Crippen LogP contribution in [-0.2, 0) is 0 Å². The van der Waals surface area contributed by atoms with Crippen LogP contribution < -0.4 is 5.73 Å². The highest BCUT2D eigenvalue weighted by Gasteiger charge is 2.24. The number of aliphatic hydroxyl groups is 1. The fourth-order valence-corrected chi connectivity index (χ4v) is 1.94. The van der Waals surface area contributed by atoms with Crippen LogP contribution in [0.5, 0.6) is 0 Å². The number of halogens is 1. The lowest BCUT2D eigenvalue weighted by molar-refractivity contribution is 0.230. The second kappa shape index (κ2) is 5.24. The summed E-state index contributed by atoms with van der Waals surface area (Å²) in [4.78, 5) is 0. The van der Waals surface area contributed by atoms with Gasteiger partial charge in [0.05, 0.1) is 6.61 Å². The van der Waals surface area contributed by atoms with E-state index in [2.05, 4.69) is 0 Å². The Bertz CT molecular complexity index is 314. The van der Waals surface area contributed by atoms with Crippen LogP contribution in [0.4, 0.5) is 4.39 Å². The van der Waals surface area contributed by atoms with Crippen molar-refractivity contribution in [2.75, 3.05) is 6.61 Å². The second-order valence-corrected chi connectivity index (χ2v) is 4.14. The van der Waals surface area contributed by atoms with Gasteiger partial charge in [-0.3, -0.25) is 0 Å². The van der Waals surface area contributed by atoms with Crippen LogP contribution in [0.25, 0.3) is 0 Å². The predicted octanol–water partition coefficient (Wildman–Crippen LogP) is 1.88. The van der Waals surface area contributed by atoms with Gasteiger partial charge in [0.1, 0.15) is 5.82 Å². The molecule has 0 aliphatic heterocycles. The first-order chi connectivity index (χ1) is 7.07. The highest BCUT2D eigenvalue weighted by atomic mass is 19.1. The van der Waals surface area contributed by atoms with Crippen molar-refractivity contribution in [3.05, 3.63) is 35.6 Å². The molecule has 2 atom stereocenters. The highest BCUT2D eigenvalue weighted by molar-refractivity contribution is 5.23. The van der Waals surface area contributed by atoms with Crippen LogP contribution in [0, 0.1) is 11.7 Å². The fraction of sp³-hybridized carbons (Fsp3) is 0.500. The van der Waals surface area contributed by atoms with Crippen molar-refractivity contribution in [1.29, 1.82) is 0 Å². The minimum atomic E-state index is -0.415. The average molecular weight is 211 g/mol. The molecule has 0 aromatic heterocycles. The van der Waals surface area contributed by atoms with Crippen molar-refractivity contribution in [1.82, 2.24) is 0 Å². The minimum Gasteiger partial charge on any atom is -0.395 e. The summed E-state index contributed by atoms with van der Waals surface area (Å²) in [5.41, 5.74) is 6.39. The van der Waals surface area contributed by atoms with Crippen LogP contribution in [0.2, 0.25) is 0 Å². The summed E-state index contributed by atoms with van der Waals surface area (Å²) in [6.07, 6.45) is 0. The van der Waals surface area contributed by atoms with Gasteiger partial charge < -0.3 is 10.8 Å². The van der Waals surface area contributed by atoms with E-state index in [4.69, 9.17) is 10.8 Å². The Kier molecular flexibility index (Phi) is 4.24. The second-order valence-electron chi connectivity index (χ2n) is 4.14. The Morgan fingerprint density at radius 2 is 1.93 bits per heavy atom.